The molecular weight excluding hydrogens is 232 g/mol. The first-order valence-corrected chi connectivity index (χ1v) is 7.51. The molecule has 0 saturated heterocycles. The van der Waals surface area contributed by atoms with E-state index in [0.29, 0.717) is 12.1 Å². The highest BCUT2D eigenvalue weighted by Crippen LogP contribution is 2.30. The van der Waals surface area contributed by atoms with Crippen LogP contribution in [0.15, 0.2) is 24.3 Å². The minimum atomic E-state index is 0.285. The molecular formula is C17H28N2. The van der Waals surface area contributed by atoms with Gasteiger partial charge in [0.05, 0.1) is 0 Å². The summed E-state index contributed by atoms with van der Waals surface area (Å²) in [7, 11) is 0. The number of nitrogens with one attached hydrogen (secondary N) is 1. The number of anilines is 1. The average molecular weight is 260 g/mol. The van der Waals surface area contributed by atoms with Crippen molar-refractivity contribution in [3.05, 3.63) is 29.8 Å². The van der Waals surface area contributed by atoms with Crippen molar-refractivity contribution in [1.29, 1.82) is 0 Å². The second-order valence-electron chi connectivity index (χ2n) is 6.84. The highest BCUT2D eigenvalue weighted by Gasteiger charge is 2.31. The Bertz CT molecular complexity index is 420. The molecule has 0 bridgehead atoms. The molecule has 2 heteroatoms. The smallest absolute Gasteiger partial charge is 0.0414 e. The molecule has 1 N–H and O–H groups in total. The lowest BCUT2D eigenvalue weighted by molar-refractivity contribution is 0.268. The molecule has 1 heterocycles. The van der Waals surface area contributed by atoms with Gasteiger partial charge < -0.3 is 10.2 Å². The van der Waals surface area contributed by atoms with Crippen molar-refractivity contribution in [2.75, 3.05) is 11.4 Å². The molecule has 0 aromatic heterocycles. The van der Waals surface area contributed by atoms with Crippen LogP contribution >= 0.6 is 0 Å². The molecule has 0 amide bonds. The Morgan fingerprint density at radius 1 is 1.32 bits per heavy atom. The topological polar surface area (TPSA) is 15.3 Å². The molecule has 2 atom stereocenters. The largest absolute Gasteiger partial charge is 0.367 e. The molecule has 1 aromatic rings. The molecule has 0 spiro atoms. The van der Waals surface area contributed by atoms with E-state index in [-0.39, 0.29) is 5.41 Å². The van der Waals surface area contributed by atoms with Crippen molar-refractivity contribution >= 4 is 5.69 Å². The van der Waals surface area contributed by atoms with Crippen LogP contribution in [0.1, 0.15) is 46.6 Å². The molecule has 2 nitrogen and oxygen atoms in total. The zero-order valence-corrected chi connectivity index (χ0v) is 13.0. The van der Waals surface area contributed by atoms with Gasteiger partial charge in [-0.3, -0.25) is 0 Å². The van der Waals surface area contributed by atoms with Gasteiger partial charge >= 0.3 is 0 Å². The van der Waals surface area contributed by atoms with E-state index >= 15 is 0 Å². The van der Waals surface area contributed by atoms with Crippen LogP contribution in [0, 0.1) is 5.41 Å². The van der Waals surface area contributed by atoms with Crippen LogP contribution in [0.3, 0.4) is 0 Å². The molecule has 1 aromatic carbocycles. The Hall–Kier alpha value is -1.02. The summed E-state index contributed by atoms with van der Waals surface area (Å²) in [6.45, 7) is 13.7. The molecule has 1 aliphatic rings. The number of hydrogen-bond acceptors (Lipinski definition) is 2. The van der Waals surface area contributed by atoms with E-state index in [9.17, 15) is 0 Å². The van der Waals surface area contributed by atoms with Gasteiger partial charge in [0.15, 0.2) is 0 Å². The monoisotopic (exact) mass is 260 g/mol. The quantitative estimate of drug-likeness (QED) is 0.870. The zero-order valence-electron chi connectivity index (χ0n) is 13.0. The first-order valence-electron chi connectivity index (χ1n) is 7.51. The summed E-state index contributed by atoms with van der Waals surface area (Å²) in [5.74, 6) is 0. The van der Waals surface area contributed by atoms with Gasteiger partial charge in [0.25, 0.3) is 0 Å². The third-order valence-corrected chi connectivity index (χ3v) is 4.39. The minimum absolute atomic E-state index is 0.285. The van der Waals surface area contributed by atoms with Crippen LogP contribution in [0.5, 0.6) is 0 Å². The highest BCUT2D eigenvalue weighted by molar-refractivity contribution is 5.55. The van der Waals surface area contributed by atoms with E-state index < -0.39 is 0 Å². The third-order valence-electron chi connectivity index (χ3n) is 4.39. The Kier molecular flexibility index (Phi) is 4.19. The lowest BCUT2D eigenvalue weighted by Crippen LogP contribution is -2.48. The van der Waals surface area contributed by atoms with Gasteiger partial charge in [0, 0.05) is 30.9 Å². The summed E-state index contributed by atoms with van der Waals surface area (Å²) in [6, 6.07) is 9.94. The number of hydrogen-bond donors (Lipinski definition) is 1. The van der Waals surface area contributed by atoms with Gasteiger partial charge in [-0.2, -0.15) is 0 Å². The highest BCUT2D eigenvalue weighted by atomic mass is 15.2. The zero-order chi connectivity index (χ0) is 14.0. The summed E-state index contributed by atoms with van der Waals surface area (Å²) >= 11 is 0. The van der Waals surface area contributed by atoms with Gasteiger partial charge in [-0.1, -0.05) is 45.9 Å². The van der Waals surface area contributed by atoms with Gasteiger partial charge in [0.2, 0.25) is 0 Å². The van der Waals surface area contributed by atoms with Crippen LogP contribution in [0.2, 0.25) is 0 Å². The van der Waals surface area contributed by atoms with Crippen molar-refractivity contribution in [2.45, 2.75) is 59.7 Å². The first kappa shape index (κ1) is 14.4. The summed E-state index contributed by atoms with van der Waals surface area (Å²) in [4.78, 5) is 2.59. The Balaban J connectivity index is 2.35. The van der Waals surface area contributed by atoms with E-state index in [4.69, 9.17) is 0 Å². The Morgan fingerprint density at radius 2 is 2.00 bits per heavy atom. The average Bonchev–Trinajstić information content (AvgIpc) is 2.57. The number of nitrogens with zero attached hydrogens (tertiary/aromatic N) is 1. The molecule has 2 unspecified atom stereocenters. The summed E-state index contributed by atoms with van der Waals surface area (Å²) in [5, 5.41) is 3.75. The maximum atomic E-state index is 3.75. The maximum absolute atomic E-state index is 3.75. The van der Waals surface area contributed by atoms with E-state index in [0.717, 1.165) is 13.1 Å². The maximum Gasteiger partial charge on any atom is 0.0414 e. The standard InChI is InChI=1S/C17H28N2/c1-6-13(2)19-12-16(17(3,4)5)18-11-14-9-7-8-10-15(14)19/h7-10,13,16,18H,6,11-12H2,1-5H3. The second-order valence-corrected chi connectivity index (χ2v) is 6.84. The molecule has 0 saturated carbocycles. The first-order chi connectivity index (χ1) is 8.93. The van der Waals surface area contributed by atoms with Crippen LogP contribution in [-0.2, 0) is 6.54 Å². The van der Waals surface area contributed by atoms with Crippen LogP contribution in [0.4, 0.5) is 5.69 Å². The molecule has 0 radical (unpaired) electrons. The predicted molar refractivity (Wildman–Crippen MR) is 83.6 cm³/mol. The fourth-order valence-electron chi connectivity index (χ4n) is 2.75. The van der Waals surface area contributed by atoms with E-state index in [2.05, 4.69) is 69.1 Å². The van der Waals surface area contributed by atoms with Gasteiger partial charge in [-0.05, 0) is 30.4 Å². The van der Waals surface area contributed by atoms with E-state index in [1.165, 1.54) is 17.7 Å². The number of rotatable bonds is 2. The molecule has 19 heavy (non-hydrogen) atoms. The van der Waals surface area contributed by atoms with Crippen molar-refractivity contribution in [2.24, 2.45) is 5.41 Å². The summed E-state index contributed by atoms with van der Waals surface area (Å²) < 4.78 is 0. The fraction of sp³-hybridized carbons (Fsp3) is 0.647. The lowest BCUT2D eigenvalue weighted by Gasteiger charge is -2.37. The normalized spacial score (nSPS) is 21.7. The number of benzene rings is 1. The molecule has 1 aliphatic heterocycles. The molecule has 0 aliphatic carbocycles. The van der Waals surface area contributed by atoms with E-state index in [1.807, 2.05) is 0 Å². The second kappa shape index (κ2) is 5.54. The third kappa shape index (κ3) is 3.11. The molecule has 106 valence electrons. The van der Waals surface area contributed by atoms with E-state index in [1.54, 1.807) is 0 Å². The van der Waals surface area contributed by atoms with Crippen molar-refractivity contribution in [1.82, 2.24) is 5.32 Å². The lowest BCUT2D eigenvalue weighted by atomic mass is 9.86. The fourth-order valence-corrected chi connectivity index (χ4v) is 2.75. The number of fused-ring (bicyclic) bond motifs is 1. The Morgan fingerprint density at radius 3 is 2.63 bits per heavy atom. The SMILES string of the molecule is CCC(C)N1CC(C(C)(C)C)NCc2ccccc21. The van der Waals surface area contributed by atoms with Crippen LogP contribution < -0.4 is 10.2 Å². The molecule has 0 fully saturated rings. The van der Waals surface area contributed by atoms with Crippen molar-refractivity contribution < 1.29 is 0 Å². The summed E-state index contributed by atoms with van der Waals surface area (Å²) in [5.41, 5.74) is 3.12. The van der Waals surface area contributed by atoms with Crippen molar-refractivity contribution in [3.8, 4) is 0 Å². The van der Waals surface area contributed by atoms with Crippen LogP contribution in [-0.4, -0.2) is 18.6 Å². The van der Waals surface area contributed by atoms with Gasteiger partial charge in [0.1, 0.15) is 0 Å². The van der Waals surface area contributed by atoms with Crippen molar-refractivity contribution in [3.63, 3.8) is 0 Å². The number of para-hydroxylation sites is 1. The van der Waals surface area contributed by atoms with Gasteiger partial charge in [-0.15, -0.1) is 0 Å². The summed E-state index contributed by atoms with van der Waals surface area (Å²) in [6.07, 6.45) is 1.19. The van der Waals surface area contributed by atoms with Gasteiger partial charge in [-0.25, -0.2) is 0 Å². The van der Waals surface area contributed by atoms with Crippen LogP contribution in [0.25, 0.3) is 0 Å². The predicted octanol–water partition coefficient (Wildman–Crippen LogP) is 3.81. The Labute approximate surface area is 118 Å². The molecule has 2 rings (SSSR count). The minimum Gasteiger partial charge on any atom is -0.367 e.